The minimum atomic E-state index is -0.491. The summed E-state index contributed by atoms with van der Waals surface area (Å²) in [5.74, 6) is -0.829. The van der Waals surface area contributed by atoms with Crippen molar-refractivity contribution in [3.63, 3.8) is 0 Å². The van der Waals surface area contributed by atoms with Crippen LogP contribution in [0.15, 0.2) is 18.2 Å². The average molecular weight is 222 g/mol. The number of ether oxygens (including phenoxy) is 1. The third-order valence-electron chi connectivity index (χ3n) is 2.24. The number of carbonyl (C=O) groups is 2. The predicted molar refractivity (Wildman–Crippen MR) is 59.9 cm³/mol. The molecule has 0 aliphatic carbocycles. The van der Waals surface area contributed by atoms with Gasteiger partial charge in [0.2, 0.25) is 0 Å². The van der Waals surface area contributed by atoms with Crippen molar-refractivity contribution >= 4 is 17.6 Å². The minimum Gasteiger partial charge on any atom is -0.468 e. The molecule has 0 saturated heterocycles. The van der Waals surface area contributed by atoms with Crippen LogP contribution in [0.2, 0.25) is 0 Å². The van der Waals surface area contributed by atoms with E-state index in [1.807, 2.05) is 0 Å². The lowest BCUT2D eigenvalue weighted by molar-refractivity contribution is -0.139. The zero-order valence-corrected chi connectivity index (χ0v) is 9.24. The van der Waals surface area contributed by atoms with Gasteiger partial charge in [-0.15, -0.1) is 0 Å². The molecule has 5 nitrogen and oxygen atoms in total. The molecular weight excluding hydrogens is 208 g/mol. The molecule has 0 spiro atoms. The van der Waals surface area contributed by atoms with Crippen LogP contribution in [-0.2, 0) is 9.53 Å². The van der Waals surface area contributed by atoms with E-state index in [0.717, 1.165) is 0 Å². The van der Waals surface area contributed by atoms with Gasteiger partial charge in [-0.05, 0) is 24.6 Å². The van der Waals surface area contributed by atoms with Gasteiger partial charge < -0.3 is 15.8 Å². The van der Waals surface area contributed by atoms with Crippen LogP contribution >= 0.6 is 0 Å². The highest BCUT2D eigenvalue weighted by atomic mass is 16.5. The Morgan fingerprint density at radius 2 is 2.12 bits per heavy atom. The van der Waals surface area contributed by atoms with E-state index < -0.39 is 5.97 Å². The molecule has 3 N–H and O–H groups in total. The van der Waals surface area contributed by atoms with Gasteiger partial charge in [-0.25, -0.2) is 0 Å². The van der Waals surface area contributed by atoms with Gasteiger partial charge in [-0.2, -0.15) is 0 Å². The minimum absolute atomic E-state index is 0.149. The van der Waals surface area contributed by atoms with Gasteiger partial charge in [-0.1, -0.05) is 6.07 Å². The number of amides is 1. The van der Waals surface area contributed by atoms with Crippen LogP contribution in [0.4, 0.5) is 5.69 Å². The molecule has 16 heavy (non-hydrogen) atoms. The lowest BCUT2D eigenvalue weighted by Crippen LogP contribution is -2.30. The first kappa shape index (κ1) is 12.0. The Kier molecular flexibility index (Phi) is 3.88. The summed E-state index contributed by atoms with van der Waals surface area (Å²) in [6.07, 6.45) is 0. The number of hydrogen-bond donors (Lipinski definition) is 2. The number of carbonyl (C=O) groups excluding carboxylic acids is 2. The van der Waals surface area contributed by atoms with E-state index in [9.17, 15) is 9.59 Å². The fourth-order valence-corrected chi connectivity index (χ4v) is 1.22. The number of anilines is 1. The van der Waals surface area contributed by atoms with E-state index in [-0.39, 0.29) is 12.5 Å². The van der Waals surface area contributed by atoms with E-state index in [2.05, 4.69) is 10.1 Å². The average Bonchev–Trinajstić information content (AvgIpc) is 2.29. The molecule has 0 bridgehead atoms. The summed E-state index contributed by atoms with van der Waals surface area (Å²) >= 11 is 0. The van der Waals surface area contributed by atoms with Crippen molar-refractivity contribution in [2.45, 2.75) is 6.92 Å². The maximum Gasteiger partial charge on any atom is 0.325 e. The normalized spacial score (nSPS) is 9.62. The summed E-state index contributed by atoms with van der Waals surface area (Å²) in [6, 6.07) is 5.06. The summed E-state index contributed by atoms with van der Waals surface area (Å²) in [5.41, 5.74) is 7.38. The van der Waals surface area contributed by atoms with Crippen molar-refractivity contribution < 1.29 is 14.3 Å². The first-order valence-electron chi connectivity index (χ1n) is 4.76. The van der Waals surface area contributed by atoms with E-state index >= 15 is 0 Å². The highest BCUT2D eigenvalue weighted by Gasteiger charge is 2.11. The molecular formula is C11H14N2O3. The molecule has 1 aromatic rings. The lowest BCUT2D eigenvalue weighted by atomic mass is 10.1. The number of rotatable bonds is 3. The number of methoxy groups -OCH3 is 1. The number of esters is 1. The van der Waals surface area contributed by atoms with Crippen LogP contribution in [0.3, 0.4) is 0 Å². The first-order chi connectivity index (χ1) is 7.56. The number of nitrogen functional groups attached to an aromatic ring is 1. The third-order valence-corrected chi connectivity index (χ3v) is 2.24. The molecule has 0 aliphatic heterocycles. The molecule has 5 heteroatoms. The van der Waals surface area contributed by atoms with Crippen LogP contribution in [-0.4, -0.2) is 25.5 Å². The van der Waals surface area contributed by atoms with Crippen LogP contribution in [0.25, 0.3) is 0 Å². The van der Waals surface area contributed by atoms with Crippen molar-refractivity contribution in [2.24, 2.45) is 0 Å². The number of hydrogen-bond acceptors (Lipinski definition) is 4. The van der Waals surface area contributed by atoms with E-state index in [1.54, 1.807) is 25.1 Å². The van der Waals surface area contributed by atoms with Crippen molar-refractivity contribution in [3.8, 4) is 0 Å². The molecule has 0 atom stereocenters. The summed E-state index contributed by atoms with van der Waals surface area (Å²) in [6.45, 7) is 1.60. The monoisotopic (exact) mass is 222 g/mol. The quantitative estimate of drug-likeness (QED) is 0.575. The van der Waals surface area contributed by atoms with Crippen molar-refractivity contribution in [3.05, 3.63) is 29.3 Å². The van der Waals surface area contributed by atoms with Gasteiger partial charge in [0, 0.05) is 11.3 Å². The smallest absolute Gasteiger partial charge is 0.325 e. The van der Waals surface area contributed by atoms with Gasteiger partial charge in [-0.3, -0.25) is 9.59 Å². The van der Waals surface area contributed by atoms with E-state index in [0.29, 0.717) is 16.8 Å². The Morgan fingerprint density at radius 1 is 1.44 bits per heavy atom. The summed E-state index contributed by atoms with van der Waals surface area (Å²) in [4.78, 5) is 22.5. The highest BCUT2D eigenvalue weighted by molar-refractivity contribution is 5.98. The van der Waals surface area contributed by atoms with Crippen LogP contribution in [0.5, 0.6) is 0 Å². The van der Waals surface area contributed by atoms with Gasteiger partial charge in [0.15, 0.2) is 0 Å². The molecule has 0 fully saturated rings. The standard InChI is InChI=1S/C11H14N2O3/c1-7-8(4-3-5-9(7)12)11(15)13-6-10(14)16-2/h3-5H,6,12H2,1-2H3,(H,13,15). The third kappa shape index (κ3) is 2.73. The molecule has 86 valence electrons. The summed E-state index contributed by atoms with van der Waals surface area (Å²) in [5, 5.41) is 2.45. The van der Waals surface area contributed by atoms with Gasteiger partial charge in [0.05, 0.1) is 7.11 Å². The predicted octanol–water partition coefficient (Wildman–Crippen LogP) is 0.480. The van der Waals surface area contributed by atoms with Crippen LogP contribution < -0.4 is 11.1 Å². The molecule has 1 rings (SSSR count). The fraction of sp³-hybridized carbons (Fsp3) is 0.273. The first-order valence-corrected chi connectivity index (χ1v) is 4.76. The van der Waals surface area contributed by atoms with E-state index in [1.165, 1.54) is 7.11 Å². The van der Waals surface area contributed by atoms with Gasteiger partial charge >= 0.3 is 5.97 Å². The van der Waals surface area contributed by atoms with Crippen molar-refractivity contribution in [1.29, 1.82) is 0 Å². The van der Waals surface area contributed by atoms with Crippen molar-refractivity contribution in [1.82, 2.24) is 5.32 Å². The maximum atomic E-state index is 11.7. The van der Waals surface area contributed by atoms with Crippen LogP contribution in [0, 0.1) is 6.92 Å². The maximum absolute atomic E-state index is 11.7. The topological polar surface area (TPSA) is 81.4 Å². The Hall–Kier alpha value is -2.04. The largest absolute Gasteiger partial charge is 0.468 e. The second-order valence-electron chi connectivity index (χ2n) is 3.28. The molecule has 1 aromatic carbocycles. The van der Waals surface area contributed by atoms with Crippen LogP contribution in [0.1, 0.15) is 15.9 Å². The van der Waals surface area contributed by atoms with E-state index in [4.69, 9.17) is 5.73 Å². The Morgan fingerprint density at radius 3 is 2.75 bits per heavy atom. The van der Waals surface area contributed by atoms with Gasteiger partial charge in [0.25, 0.3) is 5.91 Å². The fourth-order valence-electron chi connectivity index (χ4n) is 1.22. The Balaban J connectivity index is 2.74. The lowest BCUT2D eigenvalue weighted by Gasteiger charge is -2.08. The molecule has 0 saturated carbocycles. The number of nitrogens with two attached hydrogens (primary N) is 1. The molecule has 0 radical (unpaired) electrons. The summed E-state index contributed by atoms with van der Waals surface area (Å²) < 4.78 is 4.41. The number of benzene rings is 1. The van der Waals surface area contributed by atoms with Gasteiger partial charge in [0.1, 0.15) is 6.54 Å². The summed E-state index contributed by atoms with van der Waals surface area (Å²) in [7, 11) is 1.26. The molecule has 0 unspecified atom stereocenters. The molecule has 0 aliphatic rings. The second kappa shape index (κ2) is 5.16. The zero-order chi connectivity index (χ0) is 12.1. The Bertz CT molecular complexity index is 416. The highest BCUT2D eigenvalue weighted by Crippen LogP contribution is 2.14. The second-order valence-corrected chi connectivity index (χ2v) is 3.28. The zero-order valence-electron chi connectivity index (χ0n) is 9.24. The van der Waals surface area contributed by atoms with Crippen molar-refractivity contribution in [2.75, 3.05) is 19.4 Å². The molecule has 0 aromatic heterocycles. The number of nitrogens with one attached hydrogen (secondary N) is 1. The molecule has 0 heterocycles. The Labute approximate surface area is 93.6 Å². The molecule has 1 amide bonds. The SMILES string of the molecule is COC(=O)CNC(=O)c1cccc(N)c1C.